The molecule has 19 heavy (non-hydrogen) atoms. The molecule has 1 fully saturated rings. The van der Waals surface area contributed by atoms with Crippen molar-refractivity contribution in [3.8, 4) is 0 Å². The van der Waals surface area contributed by atoms with Gasteiger partial charge in [-0.15, -0.1) is 0 Å². The molecular formula is C18H17N. The van der Waals surface area contributed by atoms with E-state index in [1.165, 1.54) is 39.9 Å². The van der Waals surface area contributed by atoms with Crippen LogP contribution in [-0.4, -0.2) is 0 Å². The Hall–Kier alpha value is -1.86. The van der Waals surface area contributed by atoms with Gasteiger partial charge in [0.15, 0.2) is 0 Å². The summed E-state index contributed by atoms with van der Waals surface area (Å²) in [6.45, 7) is 0. The molecule has 1 heteroatoms. The molecule has 1 saturated carbocycles. The fraction of sp³-hybridized carbons (Fsp3) is 0.222. The number of hydrogen-bond acceptors (Lipinski definition) is 1. The van der Waals surface area contributed by atoms with Crippen LogP contribution in [0.4, 0.5) is 0 Å². The summed E-state index contributed by atoms with van der Waals surface area (Å²) >= 11 is 0. The maximum Gasteiger partial charge on any atom is 0.0335 e. The average Bonchev–Trinajstić information content (AvgIpc) is 3.28. The second kappa shape index (κ2) is 4.07. The topological polar surface area (TPSA) is 26.0 Å². The molecule has 0 heterocycles. The second-order valence-corrected chi connectivity index (χ2v) is 5.60. The first-order valence-electron chi connectivity index (χ1n) is 7.00. The lowest BCUT2D eigenvalue weighted by Gasteiger charge is -2.17. The highest BCUT2D eigenvalue weighted by atomic mass is 14.7. The lowest BCUT2D eigenvalue weighted by molar-refractivity contribution is 0.642. The van der Waals surface area contributed by atoms with Crippen LogP contribution in [0.2, 0.25) is 0 Å². The summed E-state index contributed by atoms with van der Waals surface area (Å²) in [5, 5.41) is 5.24. The van der Waals surface area contributed by atoms with Crippen molar-refractivity contribution in [2.75, 3.05) is 0 Å². The molecule has 0 saturated heterocycles. The first-order chi connectivity index (χ1) is 9.34. The average molecular weight is 247 g/mol. The van der Waals surface area contributed by atoms with E-state index in [-0.39, 0.29) is 6.04 Å². The first kappa shape index (κ1) is 11.0. The van der Waals surface area contributed by atoms with Crippen molar-refractivity contribution in [3.63, 3.8) is 0 Å². The molecule has 0 aromatic heterocycles. The molecule has 0 spiro atoms. The predicted octanol–water partition coefficient (Wildman–Crippen LogP) is 4.40. The standard InChI is InChI=1S/C18H17N/c19-18(12-9-10-12)17-15-7-3-1-5-13(15)11-14-6-2-4-8-16(14)17/h1-8,11-12,18H,9-10,19H2/t18-/m1/s1. The van der Waals surface area contributed by atoms with Crippen molar-refractivity contribution >= 4 is 21.5 Å². The van der Waals surface area contributed by atoms with Crippen LogP contribution in [0.3, 0.4) is 0 Å². The van der Waals surface area contributed by atoms with Crippen molar-refractivity contribution < 1.29 is 0 Å². The van der Waals surface area contributed by atoms with Crippen LogP contribution in [0, 0.1) is 5.92 Å². The summed E-state index contributed by atoms with van der Waals surface area (Å²) in [5.74, 6) is 0.675. The van der Waals surface area contributed by atoms with Gasteiger partial charge in [0.2, 0.25) is 0 Å². The van der Waals surface area contributed by atoms with Gasteiger partial charge in [-0.05, 0) is 51.9 Å². The molecule has 4 rings (SSSR count). The van der Waals surface area contributed by atoms with E-state index < -0.39 is 0 Å². The Morgan fingerprint density at radius 3 is 1.89 bits per heavy atom. The Morgan fingerprint density at radius 1 is 0.842 bits per heavy atom. The van der Waals surface area contributed by atoms with E-state index in [0.717, 1.165) is 0 Å². The van der Waals surface area contributed by atoms with Gasteiger partial charge in [0.25, 0.3) is 0 Å². The molecule has 0 bridgehead atoms. The van der Waals surface area contributed by atoms with Gasteiger partial charge in [-0.25, -0.2) is 0 Å². The normalized spacial score (nSPS) is 16.9. The molecule has 1 nitrogen and oxygen atoms in total. The smallest absolute Gasteiger partial charge is 0.0335 e. The molecule has 3 aromatic rings. The van der Waals surface area contributed by atoms with Crippen LogP contribution in [-0.2, 0) is 0 Å². The van der Waals surface area contributed by atoms with Crippen LogP contribution in [0.15, 0.2) is 54.6 Å². The van der Waals surface area contributed by atoms with Gasteiger partial charge in [-0.1, -0.05) is 48.5 Å². The number of benzene rings is 3. The zero-order chi connectivity index (χ0) is 12.8. The summed E-state index contributed by atoms with van der Waals surface area (Å²) in [7, 11) is 0. The molecule has 1 aliphatic rings. The van der Waals surface area contributed by atoms with Crippen LogP contribution < -0.4 is 5.73 Å². The SMILES string of the molecule is N[C@@H](c1c2ccccc2cc2ccccc12)C1CC1. The minimum Gasteiger partial charge on any atom is -0.324 e. The Balaban J connectivity index is 2.12. The largest absolute Gasteiger partial charge is 0.324 e. The van der Waals surface area contributed by atoms with Gasteiger partial charge in [-0.2, -0.15) is 0 Å². The quantitative estimate of drug-likeness (QED) is 0.667. The highest BCUT2D eigenvalue weighted by molar-refractivity contribution is 6.02. The van der Waals surface area contributed by atoms with Gasteiger partial charge in [-0.3, -0.25) is 0 Å². The number of nitrogens with two attached hydrogens (primary N) is 1. The zero-order valence-corrected chi connectivity index (χ0v) is 10.8. The molecule has 3 aromatic carbocycles. The molecular weight excluding hydrogens is 230 g/mol. The van der Waals surface area contributed by atoms with Gasteiger partial charge >= 0.3 is 0 Å². The van der Waals surface area contributed by atoms with Crippen molar-refractivity contribution in [2.24, 2.45) is 11.7 Å². The maximum absolute atomic E-state index is 6.53. The van der Waals surface area contributed by atoms with Crippen LogP contribution >= 0.6 is 0 Å². The first-order valence-corrected chi connectivity index (χ1v) is 7.00. The molecule has 0 radical (unpaired) electrons. The van der Waals surface area contributed by atoms with E-state index in [4.69, 9.17) is 5.73 Å². The predicted molar refractivity (Wildman–Crippen MR) is 81.1 cm³/mol. The van der Waals surface area contributed by atoms with E-state index in [9.17, 15) is 0 Å². The third-order valence-corrected chi connectivity index (χ3v) is 4.28. The molecule has 0 aliphatic heterocycles. The van der Waals surface area contributed by atoms with Crippen LogP contribution in [0.1, 0.15) is 24.4 Å². The summed E-state index contributed by atoms with van der Waals surface area (Å²) in [5.41, 5.74) is 7.88. The lowest BCUT2D eigenvalue weighted by atomic mass is 9.91. The third kappa shape index (κ3) is 1.73. The van der Waals surface area contributed by atoms with Crippen molar-refractivity contribution in [1.29, 1.82) is 0 Å². The van der Waals surface area contributed by atoms with E-state index in [0.29, 0.717) is 5.92 Å². The molecule has 0 amide bonds. The molecule has 0 unspecified atom stereocenters. The van der Waals surface area contributed by atoms with Gasteiger partial charge in [0, 0.05) is 6.04 Å². The van der Waals surface area contributed by atoms with E-state index in [1.807, 2.05) is 0 Å². The third-order valence-electron chi connectivity index (χ3n) is 4.28. The number of rotatable bonds is 2. The number of fused-ring (bicyclic) bond motifs is 2. The summed E-state index contributed by atoms with van der Waals surface area (Å²) in [4.78, 5) is 0. The van der Waals surface area contributed by atoms with Gasteiger partial charge in [0.1, 0.15) is 0 Å². The highest BCUT2D eigenvalue weighted by Crippen LogP contribution is 2.43. The minimum atomic E-state index is 0.177. The molecule has 2 N–H and O–H groups in total. The van der Waals surface area contributed by atoms with Crippen LogP contribution in [0.5, 0.6) is 0 Å². The number of hydrogen-bond donors (Lipinski definition) is 1. The van der Waals surface area contributed by atoms with E-state index >= 15 is 0 Å². The minimum absolute atomic E-state index is 0.177. The van der Waals surface area contributed by atoms with E-state index in [2.05, 4.69) is 54.6 Å². The monoisotopic (exact) mass is 247 g/mol. The van der Waals surface area contributed by atoms with Crippen molar-refractivity contribution in [1.82, 2.24) is 0 Å². The van der Waals surface area contributed by atoms with Gasteiger partial charge in [0.05, 0.1) is 0 Å². The van der Waals surface area contributed by atoms with Gasteiger partial charge < -0.3 is 5.73 Å². The fourth-order valence-corrected chi connectivity index (χ4v) is 3.10. The lowest BCUT2D eigenvalue weighted by Crippen LogP contribution is -2.13. The summed E-state index contributed by atoms with van der Waals surface area (Å²) in [6, 6.07) is 19.7. The maximum atomic E-state index is 6.53. The van der Waals surface area contributed by atoms with E-state index in [1.54, 1.807) is 0 Å². The second-order valence-electron chi connectivity index (χ2n) is 5.60. The molecule has 1 atom stereocenters. The molecule has 1 aliphatic carbocycles. The summed E-state index contributed by atoms with van der Waals surface area (Å²) in [6.07, 6.45) is 2.55. The molecule has 94 valence electrons. The Labute approximate surface area is 113 Å². The highest BCUT2D eigenvalue weighted by Gasteiger charge is 2.31. The Morgan fingerprint density at radius 2 is 1.37 bits per heavy atom. The van der Waals surface area contributed by atoms with Crippen molar-refractivity contribution in [3.05, 3.63) is 60.2 Å². The Kier molecular flexibility index (Phi) is 2.36. The Bertz CT molecular complexity index is 702. The van der Waals surface area contributed by atoms with Crippen molar-refractivity contribution in [2.45, 2.75) is 18.9 Å². The zero-order valence-electron chi connectivity index (χ0n) is 10.8. The summed E-state index contributed by atoms with van der Waals surface area (Å²) < 4.78 is 0. The van der Waals surface area contributed by atoms with Crippen LogP contribution in [0.25, 0.3) is 21.5 Å². The fourth-order valence-electron chi connectivity index (χ4n) is 3.10.